The van der Waals surface area contributed by atoms with Crippen LogP contribution in [0.3, 0.4) is 0 Å². The summed E-state index contributed by atoms with van der Waals surface area (Å²) >= 11 is 3.40. The Morgan fingerprint density at radius 3 is 2.87 bits per heavy atom. The fourth-order valence-electron chi connectivity index (χ4n) is 2.29. The summed E-state index contributed by atoms with van der Waals surface area (Å²) in [6.07, 6.45) is 0. The normalized spacial score (nSPS) is 11.9. The number of hydrogen-bond acceptors (Lipinski definition) is 4. The largest absolute Gasteiger partial charge is 0.459 e. The molecule has 0 radical (unpaired) electrons. The van der Waals surface area contributed by atoms with E-state index in [1.807, 2.05) is 48.5 Å². The summed E-state index contributed by atoms with van der Waals surface area (Å²) < 4.78 is 11.7. The van der Waals surface area contributed by atoms with Crippen LogP contribution in [-0.2, 0) is 11.3 Å². The standard InChI is InChI=1S/C17H15BrN2O3/c1-22-10-15-8-12-7-11(5-6-16(12)23-15)17(20-21)19-14-4-2-3-13(18)9-14/h2-9,21H,10H2,1H3,(H,19,20). The zero-order valence-corrected chi connectivity index (χ0v) is 14.0. The molecule has 3 aromatic rings. The number of aliphatic imine (C=N–C) groups is 1. The van der Waals surface area contributed by atoms with Gasteiger partial charge in [0.1, 0.15) is 18.0 Å². The third kappa shape index (κ3) is 3.61. The zero-order chi connectivity index (χ0) is 16.2. The van der Waals surface area contributed by atoms with E-state index in [1.165, 1.54) is 0 Å². The molecule has 1 aromatic heterocycles. The first-order chi connectivity index (χ1) is 11.2. The summed E-state index contributed by atoms with van der Waals surface area (Å²) in [6.45, 7) is 0.418. The van der Waals surface area contributed by atoms with Crippen molar-refractivity contribution in [1.29, 1.82) is 0 Å². The Morgan fingerprint density at radius 1 is 1.26 bits per heavy atom. The summed E-state index contributed by atoms with van der Waals surface area (Å²) in [5, 5.41) is 10.4. The van der Waals surface area contributed by atoms with Gasteiger partial charge in [0.2, 0.25) is 0 Å². The molecule has 23 heavy (non-hydrogen) atoms. The van der Waals surface area contributed by atoms with Gasteiger partial charge in [0.25, 0.3) is 0 Å². The van der Waals surface area contributed by atoms with Crippen molar-refractivity contribution in [1.82, 2.24) is 5.48 Å². The summed E-state index contributed by atoms with van der Waals surface area (Å²) in [4.78, 5) is 4.43. The number of nitrogens with one attached hydrogen (secondary N) is 1. The van der Waals surface area contributed by atoms with Gasteiger partial charge in [-0.2, -0.15) is 0 Å². The van der Waals surface area contributed by atoms with Gasteiger partial charge in [0.15, 0.2) is 5.84 Å². The van der Waals surface area contributed by atoms with Crippen LogP contribution in [0.15, 0.2) is 62.4 Å². The third-order valence-electron chi connectivity index (χ3n) is 3.28. The van der Waals surface area contributed by atoms with Crippen molar-refractivity contribution in [2.45, 2.75) is 6.61 Å². The molecule has 0 bridgehead atoms. The molecule has 0 fully saturated rings. The Kier molecular flexibility index (Phi) is 4.76. The number of hydrogen-bond donors (Lipinski definition) is 2. The van der Waals surface area contributed by atoms with Crippen LogP contribution in [0.25, 0.3) is 11.0 Å². The van der Waals surface area contributed by atoms with Gasteiger partial charge >= 0.3 is 0 Å². The number of ether oxygens (including phenoxy) is 1. The Labute approximate surface area is 141 Å². The van der Waals surface area contributed by atoms with Gasteiger partial charge in [-0.3, -0.25) is 10.7 Å². The minimum absolute atomic E-state index is 0.361. The lowest BCUT2D eigenvalue weighted by Crippen LogP contribution is -2.19. The van der Waals surface area contributed by atoms with Crippen LogP contribution in [0.2, 0.25) is 0 Å². The summed E-state index contributed by atoms with van der Waals surface area (Å²) in [6, 6.07) is 15.0. The Balaban J connectivity index is 1.99. The number of fused-ring (bicyclic) bond motifs is 1. The lowest BCUT2D eigenvalue weighted by Gasteiger charge is -2.05. The van der Waals surface area contributed by atoms with Crippen LogP contribution < -0.4 is 5.48 Å². The molecule has 0 aliphatic rings. The molecule has 0 aliphatic carbocycles. The number of furan rings is 1. The number of hydroxylamine groups is 1. The lowest BCUT2D eigenvalue weighted by atomic mass is 10.1. The van der Waals surface area contributed by atoms with Crippen molar-refractivity contribution < 1.29 is 14.4 Å². The highest BCUT2D eigenvalue weighted by molar-refractivity contribution is 9.10. The molecule has 2 N–H and O–H groups in total. The van der Waals surface area contributed by atoms with E-state index >= 15 is 0 Å². The second kappa shape index (κ2) is 6.95. The second-order valence-electron chi connectivity index (χ2n) is 4.95. The van der Waals surface area contributed by atoms with E-state index in [4.69, 9.17) is 9.15 Å². The van der Waals surface area contributed by atoms with Crippen LogP contribution in [0.5, 0.6) is 0 Å². The lowest BCUT2D eigenvalue weighted by molar-refractivity contribution is 0.166. The number of methoxy groups -OCH3 is 1. The molecule has 0 unspecified atom stereocenters. The quantitative estimate of drug-likeness (QED) is 0.403. The van der Waals surface area contributed by atoms with E-state index in [1.54, 1.807) is 7.11 Å². The molecule has 0 atom stereocenters. The van der Waals surface area contributed by atoms with E-state index in [2.05, 4.69) is 26.4 Å². The Morgan fingerprint density at radius 2 is 2.13 bits per heavy atom. The monoisotopic (exact) mass is 374 g/mol. The van der Waals surface area contributed by atoms with Crippen LogP contribution >= 0.6 is 15.9 Å². The first-order valence-electron chi connectivity index (χ1n) is 6.96. The van der Waals surface area contributed by atoms with Crippen molar-refractivity contribution in [3.05, 3.63) is 64.3 Å². The molecule has 5 nitrogen and oxygen atoms in total. The van der Waals surface area contributed by atoms with E-state index in [0.717, 1.165) is 32.5 Å². The Bertz CT molecular complexity index is 858. The van der Waals surface area contributed by atoms with Crippen LogP contribution in [0, 0.1) is 0 Å². The summed E-state index contributed by atoms with van der Waals surface area (Å²) in [5.74, 6) is 1.11. The molecule has 2 aromatic carbocycles. The molecular weight excluding hydrogens is 360 g/mol. The zero-order valence-electron chi connectivity index (χ0n) is 12.4. The molecule has 3 rings (SSSR count). The highest BCUT2D eigenvalue weighted by Gasteiger charge is 2.08. The van der Waals surface area contributed by atoms with Crippen molar-refractivity contribution >= 4 is 38.4 Å². The van der Waals surface area contributed by atoms with Crippen LogP contribution in [0.4, 0.5) is 5.69 Å². The third-order valence-corrected chi connectivity index (χ3v) is 3.78. The van der Waals surface area contributed by atoms with Crippen molar-refractivity contribution in [2.24, 2.45) is 4.99 Å². The first-order valence-corrected chi connectivity index (χ1v) is 7.75. The van der Waals surface area contributed by atoms with Crippen molar-refractivity contribution in [2.75, 3.05) is 7.11 Å². The van der Waals surface area contributed by atoms with E-state index in [0.29, 0.717) is 12.4 Å². The molecule has 0 aliphatic heterocycles. The van der Waals surface area contributed by atoms with Gasteiger partial charge in [0, 0.05) is 22.5 Å². The Hall–Kier alpha value is -2.15. The van der Waals surface area contributed by atoms with Gasteiger partial charge < -0.3 is 9.15 Å². The van der Waals surface area contributed by atoms with E-state index in [9.17, 15) is 5.21 Å². The van der Waals surface area contributed by atoms with Crippen molar-refractivity contribution in [3.8, 4) is 0 Å². The second-order valence-corrected chi connectivity index (χ2v) is 5.87. The van der Waals surface area contributed by atoms with E-state index in [-0.39, 0.29) is 0 Å². The van der Waals surface area contributed by atoms with Gasteiger partial charge in [-0.25, -0.2) is 4.99 Å². The predicted molar refractivity (Wildman–Crippen MR) is 92.2 cm³/mol. The smallest absolute Gasteiger partial charge is 0.157 e. The minimum Gasteiger partial charge on any atom is -0.459 e. The number of nitrogens with zero attached hydrogens (tertiary/aromatic N) is 1. The molecule has 0 saturated heterocycles. The number of amidine groups is 1. The molecule has 118 valence electrons. The number of halogens is 1. The molecule has 0 spiro atoms. The number of benzene rings is 2. The molecule has 1 heterocycles. The average Bonchev–Trinajstić information content (AvgIpc) is 2.94. The highest BCUT2D eigenvalue weighted by atomic mass is 79.9. The molecular formula is C17H15BrN2O3. The topological polar surface area (TPSA) is 67.0 Å². The minimum atomic E-state index is 0.361. The van der Waals surface area contributed by atoms with Crippen LogP contribution in [-0.4, -0.2) is 18.2 Å². The fourth-order valence-corrected chi connectivity index (χ4v) is 2.68. The van der Waals surface area contributed by atoms with Gasteiger partial charge in [-0.15, -0.1) is 0 Å². The summed E-state index contributed by atoms with van der Waals surface area (Å²) in [5.41, 5.74) is 4.41. The molecule has 6 heteroatoms. The van der Waals surface area contributed by atoms with E-state index < -0.39 is 0 Å². The SMILES string of the molecule is COCc1cc2cc(C(=Nc3cccc(Br)c3)NO)ccc2o1. The summed E-state index contributed by atoms with van der Waals surface area (Å²) in [7, 11) is 1.62. The highest BCUT2D eigenvalue weighted by Crippen LogP contribution is 2.23. The van der Waals surface area contributed by atoms with Crippen LogP contribution in [0.1, 0.15) is 11.3 Å². The predicted octanol–water partition coefficient (Wildman–Crippen LogP) is 4.40. The average molecular weight is 375 g/mol. The van der Waals surface area contributed by atoms with Crippen molar-refractivity contribution in [3.63, 3.8) is 0 Å². The first kappa shape index (κ1) is 15.7. The fraction of sp³-hybridized carbons (Fsp3) is 0.118. The van der Waals surface area contributed by atoms with Gasteiger partial charge in [0.05, 0.1) is 5.69 Å². The molecule has 0 amide bonds. The van der Waals surface area contributed by atoms with Gasteiger partial charge in [-0.05, 0) is 42.5 Å². The maximum atomic E-state index is 9.44. The maximum Gasteiger partial charge on any atom is 0.157 e. The number of rotatable bonds is 4. The van der Waals surface area contributed by atoms with Gasteiger partial charge in [-0.1, -0.05) is 22.0 Å². The maximum absolute atomic E-state index is 9.44. The molecule has 0 saturated carbocycles.